The zero-order chi connectivity index (χ0) is 32.6. The zero-order valence-corrected chi connectivity index (χ0v) is 27.9. The van der Waals surface area contributed by atoms with E-state index in [4.69, 9.17) is 13.1 Å². The van der Waals surface area contributed by atoms with Gasteiger partial charge < -0.3 is 19.3 Å². The third kappa shape index (κ3) is 8.10. The van der Waals surface area contributed by atoms with Crippen LogP contribution in [0.5, 0.6) is 11.5 Å². The Kier molecular flexibility index (Phi) is 9.70. The maximum atomic E-state index is 14.1. The van der Waals surface area contributed by atoms with Crippen molar-refractivity contribution in [3.63, 3.8) is 0 Å². The van der Waals surface area contributed by atoms with Crippen molar-refractivity contribution in [2.24, 2.45) is 0 Å². The first-order valence-electron chi connectivity index (χ1n) is 13.5. The molecule has 0 radical (unpaired) electrons. The summed E-state index contributed by atoms with van der Waals surface area (Å²) < 4.78 is 86.2. The number of benzene rings is 3. The predicted octanol–water partition coefficient (Wildman–Crippen LogP) is 8.24. The van der Waals surface area contributed by atoms with Gasteiger partial charge in [-0.3, -0.25) is 0 Å². The van der Waals surface area contributed by atoms with Gasteiger partial charge in [0, 0.05) is 55.4 Å². The highest BCUT2D eigenvalue weighted by Gasteiger charge is 2.53. The third-order valence-corrected chi connectivity index (χ3v) is 10.8. The van der Waals surface area contributed by atoms with E-state index in [9.17, 15) is 21.6 Å². The largest absolute Gasteiger partial charge is 0.524 e. The first kappa shape index (κ1) is 34.4. The first-order valence-corrected chi connectivity index (χ1v) is 16.4. The van der Waals surface area contributed by atoms with Gasteiger partial charge in [0.2, 0.25) is 0 Å². The molecular weight excluding hydrogens is 601 g/mol. The molecule has 3 rings (SSSR count). The highest BCUT2D eigenvalue weighted by Crippen LogP contribution is 2.73. The van der Waals surface area contributed by atoms with E-state index in [1.54, 1.807) is 81.4 Å². The molecule has 7 nitrogen and oxygen atoms in total. The molecule has 0 N–H and O–H groups in total. The van der Waals surface area contributed by atoms with Crippen LogP contribution in [0, 0.1) is 0 Å². The summed E-state index contributed by atoms with van der Waals surface area (Å²) in [6.45, 7) is 10.9. The molecule has 3 aromatic rings. The number of anilines is 2. The van der Waals surface area contributed by atoms with Gasteiger partial charge >= 0.3 is 15.6 Å². The van der Waals surface area contributed by atoms with Gasteiger partial charge in [-0.25, -0.2) is 0 Å². The van der Waals surface area contributed by atoms with Crippen molar-refractivity contribution in [3.8, 4) is 11.5 Å². The second kappa shape index (κ2) is 12.1. The molecule has 43 heavy (non-hydrogen) atoms. The Hall–Kier alpha value is -3.09. The van der Waals surface area contributed by atoms with E-state index in [1.807, 2.05) is 58.8 Å². The summed E-state index contributed by atoms with van der Waals surface area (Å²) in [6, 6.07) is 17.9. The molecule has 0 aromatic heterocycles. The van der Waals surface area contributed by atoms with E-state index in [0.717, 1.165) is 11.4 Å². The lowest BCUT2D eigenvalue weighted by Gasteiger charge is -2.41. The molecule has 0 aliphatic rings. The van der Waals surface area contributed by atoms with Gasteiger partial charge in [0.05, 0.1) is 4.90 Å². The normalized spacial score (nSPS) is 13.4. The van der Waals surface area contributed by atoms with Crippen LogP contribution in [-0.4, -0.2) is 53.3 Å². The molecule has 0 saturated carbocycles. The van der Waals surface area contributed by atoms with Crippen LogP contribution in [0.3, 0.4) is 0 Å². The average Bonchev–Trinajstić information content (AvgIpc) is 2.85. The summed E-state index contributed by atoms with van der Waals surface area (Å²) in [7, 11) is -2.48. The molecule has 0 amide bonds. The Morgan fingerprint density at radius 2 is 1.05 bits per heavy atom. The summed E-state index contributed by atoms with van der Waals surface area (Å²) in [5.74, 6) is 0.531. The summed E-state index contributed by atoms with van der Waals surface area (Å²) in [5.41, 5.74) is -5.56. The summed E-state index contributed by atoms with van der Waals surface area (Å²) in [5, 5.41) is 0. The van der Waals surface area contributed by atoms with Crippen molar-refractivity contribution < 1.29 is 34.7 Å². The van der Waals surface area contributed by atoms with Gasteiger partial charge in [-0.1, -0.05) is 0 Å². The molecule has 0 atom stereocenters. The molecule has 0 saturated heterocycles. The summed E-state index contributed by atoms with van der Waals surface area (Å²) in [4.78, 5) is 4.24. The van der Waals surface area contributed by atoms with Crippen molar-refractivity contribution in [2.75, 3.05) is 38.0 Å². The SMILES string of the molecule is CN(C)c1ccc(S(OS(=O)(=O)C(F)(F)F)(c2ccc(N(C)C)cc2)c2ccc(OC(C)(C)C)cc2OC(C)(C)C)cc1. The van der Waals surface area contributed by atoms with Crippen LogP contribution in [0.25, 0.3) is 0 Å². The fraction of sp³-hybridized carbons (Fsp3) is 0.419. The number of rotatable bonds is 9. The van der Waals surface area contributed by atoms with Crippen LogP contribution < -0.4 is 19.3 Å². The molecular formula is C31H41F3N2O5S2. The van der Waals surface area contributed by atoms with Crippen LogP contribution >= 0.6 is 10.3 Å². The van der Waals surface area contributed by atoms with Crippen LogP contribution in [0.2, 0.25) is 0 Å². The molecule has 0 fully saturated rings. The van der Waals surface area contributed by atoms with Crippen LogP contribution in [-0.2, 0) is 13.7 Å². The van der Waals surface area contributed by atoms with E-state index < -0.39 is 37.1 Å². The van der Waals surface area contributed by atoms with Crippen molar-refractivity contribution in [2.45, 2.75) is 72.9 Å². The minimum absolute atomic E-state index is 0.131. The lowest BCUT2D eigenvalue weighted by molar-refractivity contribution is -0.0496. The molecule has 0 bridgehead atoms. The minimum atomic E-state index is -6.12. The van der Waals surface area contributed by atoms with Gasteiger partial charge in [-0.05, 0) is 113 Å². The first-order chi connectivity index (χ1) is 19.6. The Balaban J connectivity index is 2.53. The highest BCUT2D eigenvalue weighted by molar-refractivity contribution is 8.33. The number of hydrogen-bond acceptors (Lipinski definition) is 7. The summed E-state index contributed by atoms with van der Waals surface area (Å²) >= 11 is 0. The Morgan fingerprint density at radius 1 is 0.628 bits per heavy atom. The monoisotopic (exact) mass is 642 g/mol. The second-order valence-electron chi connectivity index (χ2n) is 12.3. The Labute approximate surface area is 255 Å². The lowest BCUT2D eigenvalue weighted by atomic mass is 10.2. The van der Waals surface area contributed by atoms with Crippen molar-refractivity contribution in [1.82, 2.24) is 0 Å². The van der Waals surface area contributed by atoms with Gasteiger partial charge in [-0.2, -0.15) is 25.2 Å². The van der Waals surface area contributed by atoms with Crippen molar-refractivity contribution >= 4 is 31.8 Å². The number of nitrogens with zero attached hydrogens (tertiary/aromatic N) is 2. The maximum absolute atomic E-state index is 14.1. The number of halogens is 3. The van der Waals surface area contributed by atoms with E-state index in [1.165, 1.54) is 6.07 Å². The Morgan fingerprint density at radius 3 is 1.40 bits per heavy atom. The van der Waals surface area contributed by atoms with E-state index in [-0.39, 0.29) is 20.4 Å². The van der Waals surface area contributed by atoms with Gasteiger partial charge in [0.1, 0.15) is 22.7 Å². The number of alkyl halides is 3. The minimum Gasteiger partial charge on any atom is -0.488 e. The Bertz CT molecular complexity index is 1460. The average molecular weight is 643 g/mol. The van der Waals surface area contributed by atoms with E-state index >= 15 is 0 Å². The highest BCUT2D eigenvalue weighted by atomic mass is 32.3. The molecule has 0 heterocycles. The summed E-state index contributed by atoms with van der Waals surface area (Å²) in [6.07, 6.45) is 0. The lowest BCUT2D eigenvalue weighted by Crippen LogP contribution is -2.29. The fourth-order valence-corrected chi connectivity index (χ4v) is 8.87. The standard InChI is InChI=1S/C31H41F3N2O5S2/c1-29(2,3)39-24-15-20-28(27(21-24)40-30(4,5)6)42(41-43(37,38)31(32,33)34,25-16-11-22(12-17-25)35(7)8)26-18-13-23(14-19-26)36(9)10/h11-21H,1-10H3. The van der Waals surface area contributed by atoms with Crippen LogP contribution in [0.4, 0.5) is 24.5 Å². The number of ether oxygens (including phenoxy) is 2. The molecule has 0 aliphatic carbocycles. The van der Waals surface area contributed by atoms with Gasteiger partial charge in [0.15, 0.2) is 0 Å². The maximum Gasteiger partial charge on any atom is 0.524 e. The zero-order valence-electron chi connectivity index (χ0n) is 26.2. The molecule has 0 unspecified atom stereocenters. The second-order valence-corrected chi connectivity index (χ2v) is 16.7. The predicted molar refractivity (Wildman–Crippen MR) is 167 cm³/mol. The quantitative estimate of drug-likeness (QED) is 0.218. The van der Waals surface area contributed by atoms with Crippen molar-refractivity contribution in [3.05, 3.63) is 66.7 Å². The molecule has 0 aliphatic heterocycles. The smallest absolute Gasteiger partial charge is 0.488 e. The van der Waals surface area contributed by atoms with E-state index in [0.29, 0.717) is 5.75 Å². The molecule has 3 aromatic carbocycles. The van der Waals surface area contributed by atoms with Crippen LogP contribution in [0.15, 0.2) is 81.4 Å². The van der Waals surface area contributed by atoms with Gasteiger partial charge in [0.25, 0.3) is 0 Å². The molecule has 0 spiro atoms. The van der Waals surface area contributed by atoms with E-state index in [2.05, 4.69) is 0 Å². The molecule has 12 heteroatoms. The fourth-order valence-electron chi connectivity index (χ4n) is 4.10. The molecule has 238 valence electrons. The third-order valence-electron chi connectivity index (χ3n) is 5.91. The number of hydrogen-bond donors (Lipinski definition) is 0. The van der Waals surface area contributed by atoms with Crippen molar-refractivity contribution in [1.29, 1.82) is 0 Å². The van der Waals surface area contributed by atoms with Gasteiger partial charge in [-0.15, -0.1) is 0 Å². The van der Waals surface area contributed by atoms with Crippen LogP contribution in [0.1, 0.15) is 41.5 Å². The topological polar surface area (TPSA) is 68.3 Å².